The number of carbonyl (C=O) groups excluding carboxylic acids is 1. The highest BCUT2D eigenvalue weighted by Crippen LogP contribution is 2.42. The number of rotatable bonds is 2. The minimum absolute atomic E-state index is 0.0320. The Morgan fingerprint density at radius 1 is 0.786 bits per heavy atom. The van der Waals surface area contributed by atoms with Crippen LogP contribution in [-0.4, -0.2) is 27.6 Å². The standard InChI is InChI=1S/C23H20N2O3/c26-21-12-22(27)20(25-10-9-15-5-3-4-8-19(15)25)11-18(21)23(28)24-13-16-6-1-2-7-17(16)14-24/h1-8,11-12,26-27H,9-10,13-14H2. The van der Waals surface area contributed by atoms with Gasteiger partial charge in [-0.3, -0.25) is 4.79 Å². The van der Waals surface area contributed by atoms with Gasteiger partial charge >= 0.3 is 0 Å². The van der Waals surface area contributed by atoms with Crippen molar-refractivity contribution in [3.63, 3.8) is 0 Å². The molecule has 0 unspecified atom stereocenters. The van der Waals surface area contributed by atoms with Crippen LogP contribution in [0.4, 0.5) is 11.4 Å². The summed E-state index contributed by atoms with van der Waals surface area (Å²) in [6.45, 7) is 1.77. The van der Waals surface area contributed by atoms with Crippen LogP contribution < -0.4 is 4.90 Å². The summed E-state index contributed by atoms with van der Waals surface area (Å²) >= 11 is 0. The molecule has 0 fully saturated rings. The SMILES string of the molecule is O=C(c1cc(N2CCc3ccccc32)c(O)cc1O)N1Cc2ccccc2C1. The number of para-hydroxylation sites is 1. The number of hydrogen-bond donors (Lipinski definition) is 2. The van der Waals surface area contributed by atoms with E-state index in [2.05, 4.69) is 6.07 Å². The van der Waals surface area contributed by atoms with Crippen LogP contribution in [0.1, 0.15) is 27.0 Å². The molecule has 0 radical (unpaired) electrons. The van der Waals surface area contributed by atoms with Crippen molar-refractivity contribution in [3.8, 4) is 11.5 Å². The maximum Gasteiger partial charge on any atom is 0.258 e. The number of hydrogen-bond acceptors (Lipinski definition) is 4. The zero-order valence-electron chi connectivity index (χ0n) is 15.3. The van der Waals surface area contributed by atoms with Gasteiger partial charge in [-0.1, -0.05) is 42.5 Å². The van der Waals surface area contributed by atoms with E-state index in [0.29, 0.717) is 18.8 Å². The summed E-state index contributed by atoms with van der Waals surface area (Å²) in [4.78, 5) is 16.8. The van der Waals surface area contributed by atoms with Gasteiger partial charge in [0.25, 0.3) is 5.91 Å². The van der Waals surface area contributed by atoms with Crippen molar-refractivity contribution in [3.05, 3.63) is 82.9 Å². The third-order valence-corrected chi connectivity index (χ3v) is 5.63. The van der Waals surface area contributed by atoms with E-state index in [0.717, 1.165) is 29.8 Å². The van der Waals surface area contributed by atoms with Gasteiger partial charge in [0, 0.05) is 31.4 Å². The molecule has 3 aromatic carbocycles. The molecule has 5 nitrogen and oxygen atoms in total. The van der Waals surface area contributed by atoms with Crippen molar-refractivity contribution < 1.29 is 15.0 Å². The Kier molecular flexibility index (Phi) is 3.76. The van der Waals surface area contributed by atoms with Crippen LogP contribution in [0.2, 0.25) is 0 Å². The van der Waals surface area contributed by atoms with E-state index >= 15 is 0 Å². The molecule has 2 aliphatic rings. The van der Waals surface area contributed by atoms with Gasteiger partial charge in [-0.15, -0.1) is 0 Å². The number of anilines is 2. The van der Waals surface area contributed by atoms with Gasteiger partial charge in [-0.25, -0.2) is 0 Å². The van der Waals surface area contributed by atoms with E-state index in [1.54, 1.807) is 11.0 Å². The number of phenols is 2. The second-order valence-corrected chi connectivity index (χ2v) is 7.32. The number of phenolic OH excluding ortho intramolecular Hbond substituents is 2. The van der Waals surface area contributed by atoms with E-state index < -0.39 is 0 Å². The molecular weight excluding hydrogens is 352 g/mol. The van der Waals surface area contributed by atoms with Gasteiger partial charge in [-0.2, -0.15) is 0 Å². The summed E-state index contributed by atoms with van der Waals surface area (Å²) < 4.78 is 0. The lowest BCUT2D eigenvalue weighted by molar-refractivity contribution is 0.0748. The molecule has 0 aliphatic carbocycles. The molecular formula is C23H20N2O3. The van der Waals surface area contributed by atoms with Crippen LogP contribution in [0.15, 0.2) is 60.7 Å². The molecule has 5 heteroatoms. The van der Waals surface area contributed by atoms with Crippen LogP contribution in [0.25, 0.3) is 0 Å². The topological polar surface area (TPSA) is 64.0 Å². The van der Waals surface area contributed by atoms with Crippen molar-refractivity contribution in [2.45, 2.75) is 19.5 Å². The Balaban J connectivity index is 1.50. The molecule has 3 aromatic rings. The van der Waals surface area contributed by atoms with E-state index in [-0.39, 0.29) is 23.0 Å². The summed E-state index contributed by atoms with van der Waals surface area (Å²) in [6.07, 6.45) is 0.876. The smallest absolute Gasteiger partial charge is 0.258 e. The minimum atomic E-state index is -0.234. The van der Waals surface area contributed by atoms with Crippen molar-refractivity contribution >= 4 is 17.3 Å². The van der Waals surface area contributed by atoms with Gasteiger partial charge in [0.05, 0.1) is 11.3 Å². The predicted octanol–water partition coefficient (Wildman–Crippen LogP) is 3.95. The summed E-state index contributed by atoms with van der Waals surface area (Å²) in [7, 11) is 0. The van der Waals surface area contributed by atoms with E-state index in [9.17, 15) is 15.0 Å². The molecule has 28 heavy (non-hydrogen) atoms. The fraction of sp³-hybridized carbons (Fsp3) is 0.174. The predicted molar refractivity (Wildman–Crippen MR) is 107 cm³/mol. The first-order valence-electron chi connectivity index (χ1n) is 9.39. The van der Waals surface area contributed by atoms with E-state index in [4.69, 9.17) is 0 Å². The zero-order chi connectivity index (χ0) is 19.3. The summed E-state index contributed by atoms with van der Waals surface area (Å²) in [5, 5.41) is 20.8. The van der Waals surface area contributed by atoms with Crippen molar-refractivity contribution in [1.82, 2.24) is 4.90 Å². The first-order chi connectivity index (χ1) is 13.6. The van der Waals surface area contributed by atoms with E-state index in [1.165, 1.54) is 11.6 Å². The van der Waals surface area contributed by atoms with Crippen LogP contribution in [-0.2, 0) is 19.5 Å². The minimum Gasteiger partial charge on any atom is -0.507 e. The fourth-order valence-corrected chi connectivity index (χ4v) is 4.19. The highest BCUT2D eigenvalue weighted by molar-refractivity contribution is 5.99. The molecule has 2 N–H and O–H groups in total. The van der Waals surface area contributed by atoms with Crippen LogP contribution >= 0.6 is 0 Å². The van der Waals surface area contributed by atoms with Crippen molar-refractivity contribution in [2.75, 3.05) is 11.4 Å². The monoisotopic (exact) mass is 372 g/mol. The molecule has 2 heterocycles. The molecule has 0 spiro atoms. The fourth-order valence-electron chi connectivity index (χ4n) is 4.19. The maximum absolute atomic E-state index is 13.1. The quantitative estimate of drug-likeness (QED) is 0.715. The Hall–Kier alpha value is -3.47. The lowest BCUT2D eigenvalue weighted by atomic mass is 10.1. The average Bonchev–Trinajstić information content (AvgIpc) is 3.32. The number of fused-ring (bicyclic) bond motifs is 2. The summed E-state index contributed by atoms with van der Waals surface area (Å²) in [6, 6.07) is 18.9. The highest BCUT2D eigenvalue weighted by atomic mass is 16.3. The summed E-state index contributed by atoms with van der Waals surface area (Å²) in [5.41, 5.74) is 5.24. The molecule has 1 amide bonds. The third-order valence-electron chi connectivity index (χ3n) is 5.63. The Bertz CT molecular complexity index is 1070. The molecule has 140 valence electrons. The third kappa shape index (κ3) is 2.59. The lowest BCUT2D eigenvalue weighted by Gasteiger charge is -2.23. The van der Waals surface area contributed by atoms with Crippen LogP contribution in [0, 0.1) is 0 Å². The number of aromatic hydroxyl groups is 2. The van der Waals surface area contributed by atoms with Crippen molar-refractivity contribution in [2.24, 2.45) is 0 Å². The van der Waals surface area contributed by atoms with Gasteiger partial charge in [0.2, 0.25) is 0 Å². The number of benzene rings is 3. The lowest BCUT2D eigenvalue weighted by Crippen LogP contribution is -2.25. The first-order valence-corrected chi connectivity index (χ1v) is 9.39. The molecule has 0 atom stereocenters. The normalized spacial score (nSPS) is 14.9. The molecule has 0 bridgehead atoms. The Labute approximate surface area is 163 Å². The number of carbonyl (C=O) groups is 1. The number of amides is 1. The highest BCUT2D eigenvalue weighted by Gasteiger charge is 2.29. The Morgan fingerprint density at radius 2 is 1.43 bits per heavy atom. The van der Waals surface area contributed by atoms with Gasteiger partial charge in [0.15, 0.2) is 0 Å². The molecule has 0 saturated heterocycles. The maximum atomic E-state index is 13.1. The average molecular weight is 372 g/mol. The second-order valence-electron chi connectivity index (χ2n) is 7.32. The van der Waals surface area contributed by atoms with Crippen molar-refractivity contribution in [1.29, 1.82) is 0 Å². The molecule has 5 rings (SSSR count). The van der Waals surface area contributed by atoms with Gasteiger partial charge in [0.1, 0.15) is 11.5 Å². The summed E-state index contributed by atoms with van der Waals surface area (Å²) in [5.74, 6) is -0.465. The first kappa shape index (κ1) is 16.7. The van der Waals surface area contributed by atoms with Crippen LogP contribution in [0.3, 0.4) is 0 Å². The zero-order valence-corrected chi connectivity index (χ0v) is 15.3. The Morgan fingerprint density at radius 3 is 2.14 bits per heavy atom. The largest absolute Gasteiger partial charge is 0.507 e. The van der Waals surface area contributed by atoms with Crippen LogP contribution in [0.5, 0.6) is 11.5 Å². The second kappa shape index (κ2) is 6.30. The van der Waals surface area contributed by atoms with Gasteiger partial charge in [-0.05, 0) is 35.2 Å². The molecule has 2 aliphatic heterocycles. The number of nitrogens with zero attached hydrogens (tertiary/aromatic N) is 2. The van der Waals surface area contributed by atoms with E-state index in [1.807, 2.05) is 47.4 Å². The molecule has 0 aromatic heterocycles. The van der Waals surface area contributed by atoms with Gasteiger partial charge < -0.3 is 20.0 Å². The molecule has 0 saturated carbocycles.